The second-order valence-electron chi connectivity index (χ2n) is 7.68. The Balaban J connectivity index is 1.75. The van der Waals surface area contributed by atoms with Crippen LogP contribution in [0.15, 0.2) is 46.3 Å². The van der Waals surface area contributed by atoms with Gasteiger partial charge in [0.25, 0.3) is 10.1 Å². The summed E-state index contributed by atoms with van der Waals surface area (Å²) in [7, 11) is -4.00. The molecule has 170 valence electrons. The van der Waals surface area contributed by atoms with E-state index in [-0.39, 0.29) is 5.75 Å². The third kappa shape index (κ3) is 5.46. The molecule has 0 radical (unpaired) electrons. The van der Waals surface area contributed by atoms with Gasteiger partial charge in [0.05, 0.1) is 16.5 Å². The van der Waals surface area contributed by atoms with Crippen LogP contribution in [0.3, 0.4) is 0 Å². The van der Waals surface area contributed by atoms with E-state index in [4.69, 9.17) is 27.8 Å². The number of halogens is 2. The number of aryl methyl sites for hydroxylation is 1. The Morgan fingerprint density at radius 3 is 2.59 bits per heavy atom. The molecule has 1 aliphatic rings. The summed E-state index contributed by atoms with van der Waals surface area (Å²) in [5, 5.41) is 3.53. The number of unbranched alkanes of at least 4 members (excludes halogenated alkanes) is 1. The number of hydrogen-bond donors (Lipinski definition) is 1. The Labute approximate surface area is 207 Å². The van der Waals surface area contributed by atoms with Crippen LogP contribution in [-0.4, -0.2) is 25.3 Å². The fourth-order valence-electron chi connectivity index (χ4n) is 3.79. The highest BCUT2D eigenvalue weighted by Gasteiger charge is 2.26. The van der Waals surface area contributed by atoms with E-state index >= 15 is 0 Å². The third-order valence-electron chi connectivity index (χ3n) is 5.30. The van der Waals surface area contributed by atoms with E-state index < -0.39 is 10.1 Å². The predicted octanol–water partition coefficient (Wildman–Crippen LogP) is 7.74. The summed E-state index contributed by atoms with van der Waals surface area (Å²) >= 11 is 15.9. The highest BCUT2D eigenvalue weighted by atomic mass is 35.5. The molecule has 9 heteroatoms. The lowest BCUT2D eigenvalue weighted by Gasteiger charge is -2.20. The van der Waals surface area contributed by atoms with Crippen molar-refractivity contribution >= 4 is 78.3 Å². The molecule has 2 aromatic carbocycles. The summed E-state index contributed by atoms with van der Waals surface area (Å²) in [6, 6.07) is 11.8. The number of fused-ring (bicyclic) bond motifs is 2. The van der Waals surface area contributed by atoms with E-state index in [0.29, 0.717) is 17.9 Å². The number of hydrogen-bond acceptors (Lipinski definition) is 5. The first-order chi connectivity index (χ1) is 15.2. The maximum absolute atomic E-state index is 11.2. The Morgan fingerprint density at radius 1 is 1.09 bits per heavy atom. The maximum atomic E-state index is 11.2. The normalized spacial score (nSPS) is 15.1. The first-order valence-corrected chi connectivity index (χ1v) is 14.4. The average Bonchev–Trinajstić information content (AvgIpc) is 3.23. The van der Waals surface area contributed by atoms with Crippen molar-refractivity contribution in [3.8, 4) is 0 Å². The Bertz CT molecular complexity index is 1290. The monoisotopic (exact) mass is 527 g/mol. The molecule has 1 aliphatic heterocycles. The van der Waals surface area contributed by atoms with Crippen molar-refractivity contribution in [2.45, 2.75) is 37.5 Å². The van der Waals surface area contributed by atoms with Gasteiger partial charge in [0, 0.05) is 31.1 Å². The van der Waals surface area contributed by atoms with Gasteiger partial charge >= 0.3 is 0 Å². The van der Waals surface area contributed by atoms with Crippen molar-refractivity contribution in [2.75, 3.05) is 17.2 Å². The zero-order valence-electron chi connectivity index (χ0n) is 17.5. The number of thiophene rings is 1. The molecule has 4 rings (SSSR count). The van der Waals surface area contributed by atoms with Gasteiger partial charge in [-0.15, -0.1) is 11.3 Å². The highest BCUT2D eigenvalue weighted by Crippen LogP contribution is 2.48. The van der Waals surface area contributed by atoms with Crippen LogP contribution in [-0.2, 0) is 16.5 Å². The molecule has 0 saturated heterocycles. The molecule has 0 fully saturated rings. The number of nitrogens with zero attached hydrogens (tertiary/aromatic N) is 1. The Hall–Kier alpha value is -1.22. The quantitative estimate of drug-likeness (QED) is 0.303. The Morgan fingerprint density at radius 2 is 1.84 bits per heavy atom. The van der Waals surface area contributed by atoms with Crippen LogP contribution in [0.1, 0.15) is 36.6 Å². The molecule has 0 amide bonds. The van der Waals surface area contributed by atoms with Crippen molar-refractivity contribution in [3.63, 3.8) is 0 Å². The minimum absolute atomic E-state index is 0.262. The smallest absolute Gasteiger partial charge is 0.264 e. The van der Waals surface area contributed by atoms with Crippen molar-refractivity contribution in [1.29, 1.82) is 0 Å². The zero-order valence-corrected chi connectivity index (χ0v) is 21.4. The van der Waals surface area contributed by atoms with Crippen LogP contribution in [0.25, 0.3) is 16.2 Å². The number of anilines is 1. The Kier molecular flexibility index (Phi) is 7.44. The van der Waals surface area contributed by atoms with E-state index in [9.17, 15) is 8.42 Å². The molecule has 1 N–H and O–H groups in total. The molecule has 32 heavy (non-hydrogen) atoms. The molecule has 3 aromatic rings. The second kappa shape index (κ2) is 9.95. The number of thioether (sulfide) groups is 1. The summed E-state index contributed by atoms with van der Waals surface area (Å²) in [6.07, 6.45) is 5.23. The van der Waals surface area contributed by atoms with E-state index in [0.717, 1.165) is 55.7 Å². The van der Waals surface area contributed by atoms with Crippen molar-refractivity contribution in [2.24, 2.45) is 0 Å². The van der Waals surface area contributed by atoms with Crippen molar-refractivity contribution in [3.05, 3.63) is 61.9 Å². The summed E-state index contributed by atoms with van der Waals surface area (Å²) in [5.41, 5.74) is 2.19. The number of benzene rings is 2. The second-order valence-corrected chi connectivity index (χ2v) is 12.3. The van der Waals surface area contributed by atoms with Crippen LogP contribution in [0.2, 0.25) is 10.0 Å². The third-order valence-corrected chi connectivity index (χ3v) is 8.84. The van der Waals surface area contributed by atoms with Gasteiger partial charge in [-0.1, -0.05) is 48.3 Å². The summed E-state index contributed by atoms with van der Waals surface area (Å²) in [6.45, 7) is 3.08. The fraction of sp³-hybridized carbons (Fsp3) is 0.304. The van der Waals surface area contributed by atoms with Crippen LogP contribution in [0.5, 0.6) is 0 Å². The zero-order chi connectivity index (χ0) is 22.9. The van der Waals surface area contributed by atoms with E-state index in [1.807, 2.05) is 30.3 Å². The molecule has 0 bridgehead atoms. The molecule has 0 spiro atoms. The topological polar surface area (TPSA) is 57.6 Å². The minimum atomic E-state index is -4.00. The lowest BCUT2D eigenvalue weighted by molar-refractivity contribution is 0.481. The standard InChI is InChI=1S/C23H23Cl2NO3S3/c1-2-3-10-26-19-13-16(25)7-9-21(19)31-23(26)14-22-17(5-4-11-32(27,28)29)18-12-15(24)6-8-20(18)30-22/h6-9,12-14H,2-5,10-11H2,1H3,(H,27,28,29). The van der Waals surface area contributed by atoms with Gasteiger partial charge < -0.3 is 4.90 Å². The molecule has 0 atom stereocenters. The number of rotatable bonds is 8. The first-order valence-electron chi connectivity index (χ1n) is 10.4. The van der Waals surface area contributed by atoms with Gasteiger partial charge in [0.2, 0.25) is 0 Å². The van der Waals surface area contributed by atoms with Crippen LogP contribution < -0.4 is 4.90 Å². The lowest BCUT2D eigenvalue weighted by atomic mass is 10.1. The average molecular weight is 529 g/mol. The maximum Gasteiger partial charge on any atom is 0.264 e. The molecule has 0 aliphatic carbocycles. The van der Waals surface area contributed by atoms with Crippen LogP contribution in [0, 0.1) is 0 Å². The van der Waals surface area contributed by atoms with Crippen molar-refractivity contribution in [1.82, 2.24) is 0 Å². The van der Waals surface area contributed by atoms with Crippen LogP contribution in [0.4, 0.5) is 5.69 Å². The SMILES string of the molecule is CCCCN1C(=Cc2sc3ccc(Cl)cc3c2CCCS(=O)(=O)O)Sc2ccc(Cl)cc21. The first kappa shape index (κ1) is 23.9. The van der Waals surface area contributed by atoms with Crippen LogP contribution >= 0.6 is 46.3 Å². The predicted molar refractivity (Wildman–Crippen MR) is 139 cm³/mol. The molecule has 4 nitrogen and oxygen atoms in total. The van der Waals surface area contributed by atoms with E-state index in [2.05, 4.69) is 24.0 Å². The largest absolute Gasteiger partial charge is 0.335 e. The molecule has 2 heterocycles. The van der Waals surface area contributed by atoms with Gasteiger partial charge in [-0.05, 0) is 72.7 Å². The van der Waals surface area contributed by atoms with Crippen molar-refractivity contribution < 1.29 is 13.0 Å². The van der Waals surface area contributed by atoms with Gasteiger partial charge in [0.1, 0.15) is 0 Å². The molecular weight excluding hydrogens is 505 g/mol. The van der Waals surface area contributed by atoms with E-state index in [1.165, 1.54) is 4.90 Å². The van der Waals surface area contributed by atoms with Gasteiger partial charge in [-0.3, -0.25) is 4.55 Å². The summed E-state index contributed by atoms with van der Waals surface area (Å²) in [4.78, 5) is 4.57. The van der Waals surface area contributed by atoms with Gasteiger partial charge in [0.15, 0.2) is 0 Å². The van der Waals surface area contributed by atoms with E-state index in [1.54, 1.807) is 23.1 Å². The summed E-state index contributed by atoms with van der Waals surface area (Å²) < 4.78 is 32.8. The lowest BCUT2D eigenvalue weighted by Crippen LogP contribution is -2.18. The highest BCUT2D eigenvalue weighted by molar-refractivity contribution is 8.03. The summed E-state index contributed by atoms with van der Waals surface area (Å²) in [5.74, 6) is -0.262. The molecule has 0 saturated carbocycles. The fourth-order valence-corrected chi connectivity index (χ4v) is 6.99. The van der Waals surface area contributed by atoms with Gasteiger partial charge in [-0.25, -0.2) is 0 Å². The molecule has 0 unspecified atom stereocenters. The minimum Gasteiger partial charge on any atom is -0.335 e. The molecular formula is C23H23Cl2NO3S3. The van der Waals surface area contributed by atoms with Gasteiger partial charge in [-0.2, -0.15) is 8.42 Å². The molecule has 1 aromatic heterocycles.